The molecule has 9 aromatic heterocycles. The molecule has 1 aliphatic heterocycles. The average molecular weight is 1880 g/mol. The molecule has 1 atom stereocenters. The van der Waals surface area contributed by atoms with E-state index in [1.165, 1.54) is 57.7 Å². The molecule has 0 radical (unpaired) electrons. The van der Waals surface area contributed by atoms with Crippen LogP contribution in [0.15, 0.2) is 238 Å². The fourth-order valence-corrected chi connectivity index (χ4v) is 16.8. The maximum Gasteiger partial charge on any atom is 0.274 e. The zero-order chi connectivity index (χ0) is 89.3. The number of nitrogens with one attached hydrogen (secondary N) is 4. The number of aromatic hydroxyl groups is 2. The Bertz CT molecular complexity index is 7660. The van der Waals surface area contributed by atoms with Gasteiger partial charge in [-0.15, -0.1) is 11.3 Å². The van der Waals surface area contributed by atoms with Crippen LogP contribution in [0.2, 0.25) is 15.1 Å². The maximum absolute atomic E-state index is 12.7. The molecular weight excluding hydrogens is 1810 g/mol. The summed E-state index contributed by atoms with van der Waals surface area (Å²) in [5, 5.41) is 48.3. The number of pyridine rings is 1. The van der Waals surface area contributed by atoms with E-state index in [4.69, 9.17) is 61.0 Å². The van der Waals surface area contributed by atoms with Crippen molar-refractivity contribution in [1.82, 2.24) is 69.2 Å². The van der Waals surface area contributed by atoms with Crippen molar-refractivity contribution in [2.24, 2.45) is 0 Å². The van der Waals surface area contributed by atoms with Gasteiger partial charge in [0.25, 0.3) is 5.56 Å². The molecule has 0 saturated carbocycles. The van der Waals surface area contributed by atoms with Crippen LogP contribution in [0.4, 0.5) is 11.4 Å². The molecule has 10 N–H and O–H groups in total. The number of phenolic OH excluding ortho intramolecular Hbond substituents is 2. The molecule has 127 heavy (non-hydrogen) atoms. The molecule has 10 heterocycles. The van der Waals surface area contributed by atoms with E-state index in [2.05, 4.69) is 119 Å². The van der Waals surface area contributed by atoms with E-state index in [9.17, 15) is 38.7 Å². The number of halogens is 4. The van der Waals surface area contributed by atoms with Crippen molar-refractivity contribution >= 4 is 200 Å². The van der Waals surface area contributed by atoms with Gasteiger partial charge in [-0.2, -0.15) is 15.8 Å². The van der Waals surface area contributed by atoms with Crippen molar-refractivity contribution in [1.29, 1.82) is 15.8 Å². The number of nitriles is 3. The van der Waals surface area contributed by atoms with Gasteiger partial charge in [0.1, 0.15) is 45.8 Å². The number of para-hydroxylation sites is 3. The molecule has 20 rings (SSSR count). The highest BCUT2D eigenvalue weighted by atomic mass is 79.9. The number of H-pyrrole nitrogens is 4. The number of hydrogen-bond donors (Lipinski definition) is 8. The lowest BCUT2D eigenvalue weighted by atomic mass is 10.0. The highest BCUT2D eigenvalue weighted by Gasteiger charge is 2.30. The normalized spacial score (nSPS) is 12.1. The Morgan fingerprint density at radius 3 is 1.93 bits per heavy atom. The first-order chi connectivity index (χ1) is 61.2. The minimum Gasteiger partial charge on any atom is -0.504 e. The van der Waals surface area contributed by atoms with Gasteiger partial charge < -0.3 is 51.1 Å². The third kappa shape index (κ3) is 20.6. The largest absolute Gasteiger partial charge is 0.504 e. The van der Waals surface area contributed by atoms with E-state index in [0.717, 1.165) is 144 Å². The number of ether oxygens (including phenoxy) is 2. The van der Waals surface area contributed by atoms with Gasteiger partial charge in [0.05, 0.1) is 116 Å². The van der Waals surface area contributed by atoms with E-state index < -0.39 is 26.7 Å². The van der Waals surface area contributed by atoms with Crippen LogP contribution in [0.5, 0.6) is 17.2 Å². The van der Waals surface area contributed by atoms with E-state index >= 15 is 0 Å². The number of phenols is 2. The Labute approximate surface area is 758 Å². The molecule has 19 aromatic rings. The van der Waals surface area contributed by atoms with E-state index in [-0.39, 0.29) is 34.6 Å². The highest BCUT2D eigenvalue weighted by Crippen LogP contribution is 2.37. The number of imidazole rings is 5. The fourth-order valence-electron chi connectivity index (χ4n) is 13.0. The van der Waals surface area contributed by atoms with Crippen LogP contribution in [0.1, 0.15) is 60.6 Å². The first kappa shape index (κ1) is 87.7. The minimum absolute atomic E-state index is 0.126. The van der Waals surface area contributed by atoms with Gasteiger partial charge in [-0.25, -0.2) is 57.7 Å². The summed E-state index contributed by atoms with van der Waals surface area (Å²) in [6.45, 7) is 6.81. The smallest absolute Gasteiger partial charge is 0.274 e. The molecular formula is C92H67BrCl3N19O8S4. The number of benzene rings is 10. The third-order valence-electron chi connectivity index (χ3n) is 19.3. The standard InChI is InChI=1S/C19H14ClN3O2.C16H14N4S.C16H10N2O3S.C15H9ClN4O3S2.C13H10BrN3.C13H10ClN3/c1-11-2-3-16-17(4-11)23-19(22-16)13(8-21)5-12-6-15(20)7-14-9-24-10-25-18(12)14;1-10-7-13-14(8-11(10)2)20-16(19-13)12-3-4-15(18-9-12)21-6-5-17;19-12-6-5-9(7-13(12)20)8-14-15(21)18-11-4-2-1-3-10(11)17-16(18)22-14;1-25(22,23)15-18-7-9(16)12(20-15)13(21)8(6-17)14-19-10-4-2-3-5-11(10)24-14;2*14-9-3-1-8(2-4-9)13-16-11-6-5-10(15)7-12(11)17-13/h2-7H,9-10H2,1H3,(H,22,23);3-4,7-9H,6H2,1-2H3,(H,19,20);1-8,19-20H;2-5,7-8H,1H3;2*1-7H,15H2,(H,16,17)/b13-5-;;14-8-;;;. The van der Waals surface area contributed by atoms with Gasteiger partial charge in [-0.1, -0.05) is 122 Å². The molecule has 0 amide bonds. The first-order valence-corrected chi connectivity index (χ1v) is 44.7. The van der Waals surface area contributed by atoms with Crippen molar-refractivity contribution in [2.75, 3.05) is 30.3 Å². The predicted octanol–water partition coefficient (Wildman–Crippen LogP) is 19.9. The minimum atomic E-state index is -3.72. The number of fused-ring (bicyclic) bond motifs is 9. The number of sulfone groups is 1. The molecule has 27 nitrogen and oxygen atoms in total. The number of aryl methyl sites for hydroxylation is 3. The number of anilines is 2. The molecule has 1 aliphatic rings. The molecule has 0 saturated heterocycles. The molecule has 630 valence electrons. The van der Waals surface area contributed by atoms with Crippen LogP contribution >= 0.6 is 85.2 Å². The Morgan fingerprint density at radius 2 is 1.27 bits per heavy atom. The Hall–Kier alpha value is -14.2. The quantitative estimate of drug-likeness (QED) is 0.0141. The van der Waals surface area contributed by atoms with Crippen LogP contribution in [0, 0.1) is 54.8 Å². The second-order valence-electron chi connectivity index (χ2n) is 28.4. The number of aromatic nitrogens is 14. The number of hydrogen-bond acceptors (Lipinski definition) is 25. The number of thioether (sulfide) groups is 1. The Morgan fingerprint density at radius 1 is 0.638 bits per heavy atom. The summed E-state index contributed by atoms with van der Waals surface area (Å²) in [5.41, 5.74) is 31.4. The topological polar surface area (TPSA) is 434 Å². The molecule has 10 aromatic carbocycles. The molecule has 1 unspecified atom stereocenters. The molecule has 0 fully saturated rings. The number of rotatable bonds is 12. The van der Waals surface area contributed by atoms with E-state index in [1.807, 2.05) is 171 Å². The van der Waals surface area contributed by atoms with Crippen LogP contribution in [0.3, 0.4) is 0 Å². The van der Waals surface area contributed by atoms with Crippen LogP contribution in [0.25, 0.3) is 122 Å². The summed E-state index contributed by atoms with van der Waals surface area (Å²) in [7, 11) is -3.72. The number of carbonyl (C=O) groups is 1. The number of nitrogens with zero attached hydrogens (tertiary/aromatic N) is 13. The van der Waals surface area contributed by atoms with Gasteiger partial charge in [0.15, 0.2) is 29.2 Å². The van der Waals surface area contributed by atoms with Crippen LogP contribution < -0.4 is 26.3 Å². The summed E-state index contributed by atoms with van der Waals surface area (Å²) >= 11 is 25.3. The second kappa shape index (κ2) is 38.5. The number of carbonyl (C=O) groups excluding carboxylic acids is 1. The number of nitrogen functional groups attached to an aromatic ring is 2. The molecule has 35 heteroatoms. The van der Waals surface area contributed by atoms with Gasteiger partial charge in [0.2, 0.25) is 20.8 Å². The second-order valence-corrected chi connectivity index (χ2v) is 35.6. The Kier molecular flexibility index (Phi) is 26.6. The van der Waals surface area contributed by atoms with Crippen LogP contribution in [-0.4, -0.2) is 112 Å². The lowest BCUT2D eigenvalue weighted by molar-refractivity contribution is -0.0165. The lowest BCUT2D eigenvalue weighted by Gasteiger charge is -2.20. The van der Waals surface area contributed by atoms with Crippen molar-refractivity contribution < 1.29 is 32.9 Å². The SMILES string of the molecule is CS(=O)(=O)c1ncc(Cl)c(C(=O)C(C#N)c2nc3ccccc3s2)n1.Cc1cc2nc(-c3ccc(SCC#N)nc3)[nH]c2cc1C.Cc1ccc2nc(/C(C#N)=C\c3cc(Cl)cc4c3OCOC4)[nH]c2c1.Nc1ccc2nc(-c3ccc(Br)cc3)[nH]c2c1.Nc1ccc2nc(-c3ccc(Cl)cc3)[nH]c2c1.O=c1/c(=C/c2ccc(O)c(O)c2)sc2nc3ccccc3n12. The number of ketones is 1. The van der Waals surface area contributed by atoms with Crippen molar-refractivity contribution in [3.05, 3.63) is 303 Å². The number of Topliss-reactive ketones (excluding diaryl/α,β-unsaturated/α-hetero) is 1. The maximum atomic E-state index is 12.7. The highest BCUT2D eigenvalue weighted by molar-refractivity contribution is 9.10. The van der Waals surface area contributed by atoms with E-state index in [1.54, 1.807) is 47.0 Å². The molecule has 0 spiro atoms. The lowest BCUT2D eigenvalue weighted by Crippen LogP contribution is -2.22. The van der Waals surface area contributed by atoms with E-state index in [0.29, 0.717) is 65.1 Å². The number of allylic oxidation sites excluding steroid dienone is 1. The molecule has 0 aliphatic carbocycles. The van der Waals surface area contributed by atoms with Crippen LogP contribution in [-0.2, 0) is 21.2 Å². The first-order valence-electron chi connectivity index (χ1n) is 38.2. The third-order valence-corrected chi connectivity index (χ3v) is 24.3. The summed E-state index contributed by atoms with van der Waals surface area (Å²) < 4.78 is 38.1. The van der Waals surface area contributed by atoms with Gasteiger partial charge in [0, 0.05) is 66.2 Å². The molecule has 0 bridgehead atoms. The average Bonchev–Trinajstić information content (AvgIpc) is 1.61. The van der Waals surface area contributed by atoms with Gasteiger partial charge in [-0.3, -0.25) is 9.59 Å². The Balaban J connectivity index is 0.000000118. The van der Waals surface area contributed by atoms with Gasteiger partial charge >= 0.3 is 0 Å². The zero-order valence-corrected chi connectivity index (χ0v) is 74.2. The summed E-state index contributed by atoms with van der Waals surface area (Å²) in [4.78, 5) is 77.6. The monoisotopic (exact) mass is 1880 g/mol. The summed E-state index contributed by atoms with van der Waals surface area (Å²) in [6, 6.07) is 69.8. The predicted molar refractivity (Wildman–Crippen MR) is 504 cm³/mol. The zero-order valence-electron chi connectivity index (χ0n) is 67.1. The number of nitrogens with two attached hydrogens (primary N) is 2. The van der Waals surface area contributed by atoms with Crippen molar-refractivity contribution in [3.63, 3.8) is 0 Å². The number of aromatic amines is 4. The van der Waals surface area contributed by atoms with Crippen molar-refractivity contribution in [3.8, 4) is 69.6 Å². The summed E-state index contributed by atoms with van der Waals surface area (Å²) in [5.74, 6) is 1.75. The fraction of sp³-hybridized carbons (Fsp3) is 0.0870. The van der Waals surface area contributed by atoms with Crippen molar-refractivity contribution in [2.45, 2.75) is 43.5 Å². The van der Waals surface area contributed by atoms with Gasteiger partial charge in [-0.05, 0) is 213 Å². The number of thiazole rings is 2. The summed E-state index contributed by atoms with van der Waals surface area (Å²) in [6.07, 6.45) is 7.15.